The summed E-state index contributed by atoms with van der Waals surface area (Å²) in [7, 11) is -0.767. The zero-order valence-corrected chi connectivity index (χ0v) is 32.4. The van der Waals surface area contributed by atoms with Gasteiger partial charge in [-0.1, -0.05) is 68.6 Å². The molecule has 8 aliphatic rings. The molecule has 2 N–H and O–H groups in total. The highest BCUT2D eigenvalue weighted by Gasteiger charge is 2.62. The van der Waals surface area contributed by atoms with Crippen LogP contribution in [0.5, 0.6) is 0 Å². The third-order valence-corrected chi connectivity index (χ3v) is 21.5. The van der Waals surface area contributed by atoms with Gasteiger partial charge in [-0.15, -0.1) is 0 Å². The molecule has 0 atom stereocenters. The molecule has 0 unspecified atom stereocenters. The van der Waals surface area contributed by atoms with E-state index in [1.807, 2.05) is 0 Å². The number of nitrogens with one attached hydrogen (secondary N) is 2. The van der Waals surface area contributed by atoms with Gasteiger partial charge in [0.1, 0.15) is 0 Å². The predicted molar refractivity (Wildman–Crippen MR) is 221 cm³/mol. The lowest BCUT2D eigenvalue weighted by atomic mass is 9.55. The summed E-state index contributed by atoms with van der Waals surface area (Å²) in [6, 6.07) is 37.2. The van der Waals surface area contributed by atoms with E-state index in [2.05, 4.69) is 119 Å². The first-order valence-electron chi connectivity index (χ1n) is 20.7. The van der Waals surface area contributed by atoms with E-state index >= 15 is 0 Å². The Morgan fingerprint density at radius 2 is 0.846 bits per heavy atom. The molecule has 2 heterocycles. The zero-order valence-electron chi connectivity index (χ0n) is 30.7. The average molecular weight is 721 g/mol. The van der Waals surface area contributed by atoms with Gasteiger partial charge in [-0.25, -0.2) is 0 Å². The molecule has 8 bridgehead atoms. The lowest BCUT2D eigenvalue weighted by Gasteiger charge is -2.67. The van der Waals surface area contributed by atoms with Crippen LogP contribution >= 0.6 is 15.8 Å². The summed E-state index contributed by atoms with van der Waals surface area (Å²) >= 11 is 0. The quantitative estimate of drug-likeness (QED) is 0.135. The molecule has 0 radical (unpaired) electrons. The molecular formula is C48H54N2P2. The second kappa shape index (κ2) is 12.8. The van der Waals surface area contributed by atoms with Crippen LogP contribution in [0.25, 0.3) is 22.3 Å². The Kier molecular flexibility index (Phi) is 8.03. The Balaban J connectivity index is 1.10. The van der Waals surface area contributed by atoms with Gasteiger partial charge < -0.3 is 9.97 Å². The van der Waals surface area contributed by atoms with Crippen molar-refractivity contribution >= 4 is 26.7 Å². The smallest absolute Gasteiger partial charge is 0.0448 e. The molecule has 0 aliphatic heterocycles. The van der Waals surface area contributed by atoms with E-state index < -0.39 is 7.92 Å². The monoisotopic (exact) mass is 720 g/mol. The molecule has 8 saturated carbocycles. The first-order chi connectivity index (χ1) is 25.6. The van der Waals surface area contributed by atoms with Crippen molar-refractivity contribution in [2.45, 2.75) is 99.7 Å². The van der Waals surface area contributed by atoms with E-state index in [4.69, 9.17) is 0 Å². The van der Waals surface area contributed by atoms with Crippen molar-refractivity contribution in [1.29, 1.82) is 0 Å². The molecule has 5 aromatic rings. The van der Waals surface area contributed by atoms with Gasteiger partial charge in [-0.2, -0.15) is 0 Å². The fourth-order valence-electron chi connectivity index (χ4n) is 13.9. The van der Waals surface area contributed by atoms with Crippen LogP contribution in [0.15, 0.2) is 109 Å². The van der Waals surface area contributed by atoms with Crippen molar-refractivity contribution in [1.82, 2.24) is 9.97 Å². The Labute approximate surface area is 313 Å². The van der Waals surface area contributed by atoms with E-state index in [-0.39, 0.29) is 7.92 Å². The third-order valence-electron chi connectivity index (χ3n) is 15.1. The second-order valence-corrected chi connectivity index (χ2v) is 23.7. The SMILES string of the molecule is c1ccc(-c2cc(CP(c3ccc[nH]3)c3ccc[nH]3)c(CP(C34CC5CC(CC(C5)C3)C4)C34CC5CC(CC(C5)C3)C4)cc2-c2ccccc2)cc1. The standard InChI is InChI=1S/C48H54N2P2/c1-3-9-39(10-4-1)43-23-41(31-51(45-13-7-15-49-45)46-14-8-16-50-46)42(24-44(43)40-11-5-2-6-12-40)32-52(47-25-33-17-34(26-47)19-35(18-33)27-47)48-28-36-20-37(29-48)22-38(21-36)30-48/h1-16,23-24,33-38,49-50H,17-22,25-32H2. The molecule has 0 spiro atoms. The molecule has 52 heavy (non-hydrogen) atoms. The summed E-state index contributed by atoms with van der Waals surface area (Å²) in [5, 5.41) is 1.23. The number of aromatic nitrogens is 2. The van der Waals surface area contributed by atoms with E-state index in [1.54, 1.807) is 88.2 Å². The summed E-state index contributed by atoms with van der Waals surface area (Å²) < 4.78 is 0. The maximum absolute atomic E-state index is 3.68. The van der Waals surface area contributed by atoms with Crippen LogP contribution in [0.3, 0.4) is 0 Å². The summed E-state index contributed by atoms with van der Waals surface area (Å²) in [4.78, 5) is 7.36. The Morgan fingerprint density at radius 3 is 1.21 bits per heavy atom. The highest BCUT2D eigenvalue weighted by molar-refractivity contribution is 7.71. The first-order valence-corrected chi connectivity index (χ1v) is 23.7. The molecule has 8 aliphatic carbocycles. The summed E-state index contributed by atoms with van der Waals surface area (Å²) in [6.45, 7) is 0. The van der Waals surface area contributed by atoms with Gasteiger partial charge in [-0.3, -0.25) is 0 Å². The number of aromatic amines is 2. The van der Waals surface area contributed by atoms with Crippen LogP contribution in [0.1, 0.15) is 88.2 Å². The molecule has 0 saturated heterocycles. The number of hydrogen-bond acceptors (Lipinski definition) is 0. The largest absolute Gasteiger partial charge is 0.361 e. The van der Waals surface area contributed by atoms with Crippen LogP contribution in [0, 0.1) is 35.5 Å². The highest BCUT2D eigenvalue weighted by atomic mass is 31.1. The Morgan fingerprint density at radius 1 is 0.462 bits per heavy atom. The van der Waals surface area contributed by atoms with Gasteiger partial charge in [-0.05, 0) is 207 Å². The molecule has 2 nitrogen and oxygen atoms in total. The van der Waals surface area contributed by atoms with Crippen LogP contribution < -0.4 is 10.9 Å². The van der Waals surface area contributed by atoms with Gasteiger partial charge in [0.15, 0.2) is 0 Å². The van der Waals surface area contributed by atoms with Crippen molar-refractivity contribution in [3.8, 4) is 22.3 Å². The fourth-order valence-corrected chi connectivity index (χ4v) is 21.4. The second-order valence-electron chi connectivity index (χ2n) is 18.5. The summed E-state index contributed by atoms with van der Waals surface area (Å²) in [6.07, 6.45) is 25.4. The summed E-state index contributed by atoms with van der Waals surface area (Å²) in [5.41, 5.74) is 11.6. The van der Waals surface area contributed by atoms with Crippen molar-refractivity contribution in [3.05, 3.63) is 121 Å². The Hall–Kier alpha value is -2.92. The van der Waals surface area contributed by atoms with Crippen LogP contribution in [-0.2, 0) is 12.3 Å². The lowest BCUT2D eigenvalue weighted by molar-refractivity contribution is 0.0184. The van der Waals surface area contributed by atoms with Crippen molar-refractivity contribution in [3.63, 3.8) is 0 Å². The minimum absolute atomic E-state index is 0.170. The number of H-pyrrole nitrogens is 2. The van der Waals surface area contributed by atoms with E-state index in [0.29, 0.717) is 10.3 Å². The topological polar surface area (TPSA) is 31.6 Å². The van der Waals surface area contributed by atoms with Gasteiger partial charge in [0.25, 0.3) is 0 Å². The predicted octanol–water partition coefficient (Wildman–Crippen LogP) is 12.2. The highest BCUT2D eigenvalue weighted by Crippen LogP contribution is 2.79. The molecular weight excluding hydrogens is 666 g/mol. The van der Waals surface area contributed by atoms with Crippen LogP contribution in [0.4, 0.5) is 0 Å². The van der Waals surface area contributed by atoms with Crippen molar-refractivity contribution in [2.75, 3.05) is 0 Å². The Bertz CT molecular complexity index is 1860. The van der Waals surface area contributed by atoms with Crippen LogP contribution in [0.2, 0.25) is 0 Å². The zero-order chi connectivity index (χ0) is 34.3. The van der Waals surface area contributed by atoms with E-state index in [9.17, 15) is 0 Å². The van der Waals surface area contributed by atoms with Crippen LogP contribution in [-0.4, -0.2) is 20.3 Å². The van der Waals surface area contributed by atoms with Crippen molar-refractivity contribution in [2.24, 2.45) is 35.5 Å². The number of rotatable bonds is 10. The van der Waals surface area contributed by atoms with Gasteiger partial charge in [0, 0.05) is 29.4 Å². The van der Waals surface area contributed by atoms with Gasteiger partial charge in [0.2, 0.25) is 0 Å². The van der Waals surface area contributed by atoms with Gasteiger partial charge >= 0.3 is 0 Å². The molecule has 266 valence electrons. The molecule has 13 rings (SSSR count). The third kappa shape index (κ3) is 5.64. The summed E-state index contributed by atoms with van der Waals surface area (Å²) in [5.74, 6) is 6.08. The van der Waals surface area contributed by atoms with Crippen molar-refractivity contribution < 1.29 is 0 Å². The maximum Gasteiger partial charge on any atom is 0.0448 e. The normalized spacial score (nSPS) is 33.2. The molecule has 3 aromatic carbocycles. The van der Waals surface area contributed by atoms with Gasteiger partial charge in [0.05, 0.1) is 0 Å². The maximum atomic E-state index is 3.68. The number of benzene rings is 3. The minimum atomic E-state index is -0.597. The molecule has 8 fully saturated rings. The van der Waals surface area contributed by atoms with E-state index in [0.717, 1.165) is 41.7 Å². The van der Waals surface area contributed by atoms with E-state index in [1.165, 1.54) is 39.3 Å². The molecule has 2 aromatic heterocycles. The number of hydrogen-bond donors (Lipinski definition) is 2. The minimum Gasteiger partial charge on any atom is -0.361 e. The molecule has 0 amide bonds. The lowest BCUT2D eigenvalue weighted by Crippen LogP contribution is -2.56. The molecule has 4 heteroatoms. The average Bonchev–Trinajstić information content (AvgIpc) is 3.89. The fraction of sp³-hybridized carbons (Fsp3) is 0.458. The first kappa shape index (κ1) is 32.5.